The maximum atomic E-state index is 12.5. The van der Waals surface area contributed by atoms with Gasteiger partial charge < -0.3 is 10.1 Å². The van der Waals surface area contributed by atoms with Crippen molar-refractivity contribution < 1.29 is 22.7 Å². The molecule has 0 heterocycles. The van der Waals surface area contributed by atoms with Gasteiger partial charge in [-0.15, -0.1) is 0 Å². The lowest BCUT2D eigenvalue weighted by Gasteiger charge is -2.19. The van der Waals surface area contributed by atoms with Gasteiger partial charge in [0.25, 0.3) is 5.91 Å². The summed E-state index contributed by atoms with van der Waals surface area (Å²) in [7, 11) is -3.48. The first-order valence-corrected chi connectivity index (χ1v) is 10.3. The molecule has 28 heavy (non-hydrogen) atoms. The number of sulfonamides is 1. The lowest BCUT2D eigenvalue weighted by Crippen LogP contribution is -2.27. The van der Waals surface area contributed by atoms with E-state index in [4.69, 9.17) is 4.74 Å². The number of hydrogen-bond donors (Lipinski definition) is 3. The Kier molecular flexibility index (Phi) is 6.30. The van der Waals surface area contributed by atoms with E-state index in [-0.39, 0.29) is 5.69 Å². The molecule has 0 spiro atoms. The summed E-state index contributed by atoms with van der Waals surface area (Å²) in [5, 5.41) is 5.24. The number of carbonyl (C=O) groups excluding carboxylic acids is 2. The molecule has 0 aliphatic rings. The molecule has 0 fully saturated rings. The van der Waals surface area contributed by atoms with Gasteiger partial charge in [0.1, 0.15) is 5.60 Å². The molecular formula is C19H23N3O5S. The predicted molar refractivity (Wildman–Crippen MR) is 109 cm³/mol. The van der Waals surface area contributed by atoms with Crippen LogP contribution in [0.2, 0.25) is 0 Å². The van der Waals surface area contributed by atoms with E-state index in [0.29, 0.717) is 16.9 Å². The van der Waals surface area contributed by atoms with Gasteiger partial charge in [0, 0.05) is 11.3 Å². The van der Waals surface area contributed by atoms with Crippen LogP contribution in [0.25, 0.3) is 0 Å². The normalized spacial score (nSPS) is 11.4. The van der Waals surface area contributed by atoms with Crippen LogP contribution < -0.4 is 15.4 Å². The Morgan fingerprint density at radius 1 is 0.893 bits per heavy atom. The van der Waals surface area contributed by atoms with Crippen LogP contribution in [0.5, 0.6) is 0 Å². The average molecular weight is 405 g/mol. The van der Waals surface area contributed by atoms with Crippen LogP contribution in [-0.4, -0.2) is 32.3 Å². The first kappa shape index (κ1) is 21.2. The van der Waals surface area contributed by atoms with Crippen LogP contribution in [0.3, 0.4) is 0 Å². The Hall–Kier alpha value is -3.07. The zero-order chi connectivity index (χ0) is 20.9. The number of ether oxygens (including phenoxy) is 1. The number of anilines is 3. The van der Waals surface area contributed by atoms with Gasteiger partial charge in [0.05, 0.1) is 17.6 Å². The fourth-order valence-corrected chi connectivity index (χ4v) is 2.78. The number of rotatable bonds is 5. The highest BCUT2D eigenvalue weighted by molar-refractivity contribution is 7.92. The Morgan fingerprint density at radius 2 is 1.46 bits per heavy atom. The van der Waals surface area contributed by atoms with Crippen molar-refractivity contribution in [2.75, 3.05) is 21.6 Å². The maximum absolute atomic E-state index is 12.5. The van der Waals surface area contributed by atoms with Gasteiger partial charge in [-0.3, -0.25) is 14.8 Å². The first-order chi connectivity index (χ1) is 12.9. The van der Waals surface area contributed by atoms with Gasteiger partial charge >= 0.3 is 6.09 Å². The first-order valence-electron chi connectivity index (χ1n) is 8.41. The number of para-hydroxylation sites is 2. The summed E-state index contributed by atoms with van der Waals surface area (Å²) in [5.74, 6) is -0.424. The number of nitrogens with one attached hydrogen (secondary N) is 3. The van der Waals surface area contributed by atoms with Crippen LogP contribution >= 0.6 is 0 Å². The molecule has 0 saturated carbocycles. The van der Waals surface area contributed by atoms with Crippen molar-refractivity contribution in [3.05, 3.63) is 54.1 Å². The third kappa shape index (κ3) is 6.92. The summed E-state index contributed by atoms with van der Waals surface area (Å²) in [6, 6.07) is 12.7. The third-order valence-electron chi connectivity index (χ3n) is 3.26. The second-order valence-corrected chi connectivity index (χ2v) is 8.83. The molecule has 0 saturated heterocycles. The van der Waals surface area contributed by atoms with Crippen molar-refractivity contribution >= 4 is 39.1 Å². The van der Waals surface area contributed by atoms with Gasteiger partial charge in [-0.1, -0.05) is 12.1 Å². The fraction of sp³-hybridized carbons (Fsp3) is 0.263. The zero-order valence-corrected chi connectivity index (χ0v) is 16.9. The minimum absolute atomic E-state index is 0.265. The summed E-state index contributed by atoms with van der Waals surface area (Å²) in [4.78, 5) is 24.2. The molecule has 0 aliphatic heterocycles. The van der Waals surface area contributed by atoms with Gasteiger partial charge in [0.2, 0.25) is 10.0 Å². The molecule has 2 rings (SSSR count). The molecule has 9 heteroatoms. The molecule has 0 atom stereocenters. The van der Waals surface area contributed by atoms with Crippen molar-refractivity contribution in [1.29, 1.82) is 0 Å². The molecule has 0 aliphatic carbocycles. The zero-order valence-electron chi connectivity index (χ0n) is 16.1. The van der Waals surface area contributed by atoms with Crippen LogP contribution in [0, 0.1) is 0 Å². The SMILES string of the molecule is CC(C)(C)OC(=O)Nc1ccc(C(=O)Nc2ccccc2NS(C)(=O)=O)cc1. The van der Waals surface area contributed by atoms with Crippen molar-refractivity contribution in [1.82, 2.24) is 0 Å². The Balaban J connectivity index is 2.07. The molecule has 0 unspecified atom stereocenters. The average Bonchev–Trinajstić information content (AvgIpc) is 2.54. The van der Waals surface area contributed by atoms with Crippen molar-refractivity contribution in [2.45, 2.75) is 26.4 Å². The minimum atomic E-state index is -3.48. The Labute approximate surface area is 164 Å². The van der Waals surface area contributed by atoms with Crippen LogP contribution in [0.1, 0.15) is 31.1 Å². The summed E-state index contributed by atoms with van der Waals surface area (Å²) in [5.41, 5.74) is 0.793. The van der Waals surface area contributed by atoms with E-state index in [1.807, 2.05) is 0 Å². The molecule has 2 amide bonds. The van der Waals surface area contributed by atoms with Crippen LogP contribution in [0.15, 0.2) is 48.5 Å². The molecule has 0 aromatic heterocycles. The fourth-order valence-electron chi connectivity index (χ4n) is 2.20. The standard InChI is InChI=1S/C19H23N3O5S/c1-19(2,3)27-18(24)20-14-11-9-13(10-12-14)17(23)21-15-7-5-6-8-16(15)22-28(4,25)26/h5-12,22H,1-4H3,(H,20,24)(H,21,23). The van der Waals surface area contributed by atoms with E-state index in [9.17, 15) is 18.0 Å². The minimum Gasteiger partial charge on any atom is -0.444 e. The van der Waals surface area contributed by atoms with E-state index in [0.717, 1.165) is 6.26 Å². The highest BCUT2D eigenvalue weighted by Crippen LogP contribution is 2.23. The van der Waals surface area contributed by atoms with Crippen molar-refractivity contribution in [3.8, 4) is 0 Å². The molecule has 0 radical (unpaired) electrons. The quantitative estimate of drug-likeness (QED) is 0.702. The molecule has 2 aromatic carbocycles. The van der Waals surface area contributed by atoms with E-state index in [1.54, 1.807) is 57.2 Å². The summed E-state index contributed by atoms with van der Waals surface area (Å²) >= 11 is 0. The highest BCUT2D eigenvalue weighted by Gasteiger charge is 2.16. The van der Waals surface area contributed by atoms with Gasteiger partial charge in [-0.25, -0.2) is 13.2 Å². The molecule has 2 aromatic rings. The summed E-state index contributed by atoms with van der Waals surface area (Å²) in [6.07, 6.45) is 0.438. The van der Waals surface area contributed by atoms with Gasteiger partial charge in [0.15, 0.2) is 0 Å². The number of amides is 2. The van der Waals surface area contributed by atoms with Crippen LogP contribution in [0.4, 0.5) is 21.9 Å². The lowest BCUT2D eigenvalue weighted by atomic mass is 10.2. The second-order valence-electron chi connectivity index (χ2n) is 7.08. The summed E-state index contributed by atoms with van der Waals surface area (Å²) in [6.45, 7) is 5.28. The van der Waals surface area contributed by atoms with Crippen LogP contribution in [-0.2, 0) is 14.8 Å². The molecule has 3 N–H and O–H groups in total. The van der Waals surface area contributed by atoms with Crippen molar-refractivity contribution in [3.63, 3.8) is 0 Å². The van der Waals surface area contributed by atoms with E-state index < -0.39 is 27.6 Å². The number of carbonyl (C=O) groups is 2. The predicted octanol–water partition coefficient (Wildman–Crippen LogP) is 3.66. The topological polar surface area (TPSA) is 114 Å². The molecular weight excluding hydrogens is 382 g/mol. The third-order valence-corrected chi connectivity index (χ3v) is 3.85. The molecule has 150 valence electrons. The number of hydrogen-bond acceptors (Lipinski definition) is 5. The molecule has 0 bridgehead atoms. The van der Waals surface area contributed by atoms with Gasteiger partial charge in [-0.05, 0) is 57.2 Å². The maximum Gasteiger partial charge on any atom is 0.412 e. The van der Waals surface area contributed by atoms with E-state index >= 15 is 0 Å². The second kappa shape index (κ2) is 8.30. The van der Waals surface area contributed by atoms with Crippen molar-refractivity contribution in [2.24, 2.45) is 0 Å². The van der Waals surface area contributed by atoms with E-state index in [1.165, 1.54) is 12.1 Å². The summed E-state index contributed by atoms with van der Waals surface area (Å²) < 4.78 is 30.4. The highest BCUT2D eigenvalue weighted by atomic mass is 32.2. The lowest BCUT2D eigenvalue weighted by molar-refractivity contribution is 0.0635. The smallest absolute Gasteiger partial charge is 0.412 e. The Bertz CT molecular complexity index is 964. The molecule has 8 nitrogen and oxygen atoms in total. The monoisotopic (exact) mass is 405 g/mol. The Morgan fingerprint density at radius 3 is 2.00 bits per heavy atom. The number of benzene rings is 2. The van der Waals surface area contributed by atoms with Gasteiger partial charge in [-0.2, -0.15) is 0 Å². The largest absolute Gasteiger partial charge is 0.444 e. The van der Waals surface area contributed by atoms with E-state index in [2.05, 4.69) is 15.4 Å².